The number of hydrogen-bond donors (Lipinski definition) is 1. The van der Waals surface area contributed by atoms with E-state index in [0.29, 0.717) is 5.75 Å². The first-order valence-corrected chi connectivity index (χ1v) is 9.41. The van der Waals surface area contributed by atoms with Crippen molar-refractivity contribution in [3.05, 3.63) is 89.0 Å². The fraction of sp³-hybridized carbons (Fsp3) is 0.100. The normalized spacial score (nSPS) is 10.8. The van der Waals surface area contributed by atoms with Crippen LogP contribution in [-0.4, -0.2) is 30.5 Å². The average Bonchev–Trinajstić information content (AvgIpc) is 3.40. The van der Waals surface area contributed by atoms with Crippen molar-refractivity contribution in [1.82, 2.24) is 24.5 Å². The van der Waals surface area contributed by atoms with Gasteiger partial charge in [-0.3, -0.25) is 10.1 Å². The summed E-state index contributed by atoms with van der Waals surface area (Å²) in [5, 5.41) is 11.0. The van der Waals surface area contributed by atoms with Crippen molar-refractivity contribution in [2.24, 2.45) is 0 Å². The Balaban J connectivity index is 1.35. The summed E-state index contributed by atoms with van der Waals surface area (Å²) in [7, 11) is 0. The van der Waals surface area contributed by atoms with Crippen LogP contribution in [0.4, 0.5) is 14.7 Å². The molecule has 1 N–H and O–H groups in total. The van der Waals surface area contributed by atoms with Gasteiger partial charge in [-0.1, -0.05) is 17.7 Å². The molecule has 0 atom stereocenters. The molecule has 0 aliphatic rings. The van der Waals surface area contributed by atoms with Crippen LogP contribution in [0.3, 0.4) is 0 Å². The van der Waals surface area contributed by atoms with Crippen molar-refractivity contribution >= 4 is 23.5 Å². The summed E-state index contributed by atoms with van der Waals surface area (Å²) < 4.78 is 35.1. The summed E-state index contributed by atoms with van der Waals surface area (Å²) in [5.41, 5.74) is 0.392. The predicted octanol–water partition coefficient (Wildman–Crippen LogP) is 3.74. The summed E-state index contributed by atoms with van der Waals surface area (Å²) in [6.07, 6.45) is 2.91. The SMILES string of the molecule is O=C(Nc1ncn(Cc2c(F)cccc2Cl)n1)c1ccn(COc2ccc(F)cc2)n1. The summed E-state index contributed by atoms with van der Waals surface area (Å²) in [5.74, 6) is -0.843. The monoisotopic (exact) mass is 444 g/mol. The van der Waals surface area contributed by atoms with E-state index in [1.807, 2.05) is 0 Å². The minimum atomic E-state index is -0.526. The van der Waals surface area contributed by atoms with E-state index in [9.17, 15) is 13.6 Å². The fourth-order valence-corrected chi connectivity index (χ4v) is 2.89. The van der Waals surface area contributed by atoms with E-state index in [0.717, 1.165) is 0 Å². The molecular weight excluding hydrogens is 430 g/mol. The fourth-order valence-electron chi connectivity index (χ4n) is 2.67. The number of carbonyl (C=O) groups excluding carboxylic acids is 1. The molecule has 0 fully saturated rings. The van der Waals surface area contributed by atoms with Gasteiger partial charge in [0.25, 0.3) is 5.91 Å². The molecule has 0 unspecified atom stereocenters. The highest BCUT2D eigenvalue weighted by Gasteiger charge is 2.14. The second-order valence-electron chi connectivity index (χ2n) is 6.39. The van der Waals surface area contributed by atoms with E-state index in [1.165, 1.54) is 58.2 Å². The molecule has 0 saturated carbocycles. The molecule has 2 aromatic carbocycles. The molecule has 11 heteroatoms. The third-order valence-corrected chi connectivity index (χ3v) is 4.55. The van der Waals surface area contributed by atoms with Crippen LogP contribution < -0.4 is 10.1 Å². The largest absolute Gasteiger partial charge is 0.471 e. The summed E-state index contributed by atoms with van der Waals surface area (Å²) in [4.78, 5) is 16.4. The van der Waals surface area contributed by atoms with Crippen molar-refractivity contribution in [3.8, 4) is 5.75 Å². The Morgan fingerprint density at radius 1 is 1.06 bits per heavy atom. The van der Waals surface area contributed by atoms with Gasteiger partial charge in [0.15, 0.2) is 12.4 Å². The van der Waals surface area contributed by atoms with Crippen LogP contribution in [-0.2, 0) is 13.3 Å². The quantitative estimate of drug-likeness (QED) is 0.469. The lowest BCUT2D eigenvalue weighted by Gasteiger charge is -2.05. The van der Waals surface area contributed by atoms with Crippen LogP contribution >= 0.6 is 11.6 Å². The van der Waals surface area contributed by atoms with E-state index in [-0.39, 0.29) is 41.3 Å². The molecule has 0 saturated heterocycles. The molecule has 158 valence electrons. The van der Waals surface area contributed by atoms with E-state index in [2.05, 4.69) is 20.5 Å². The molecular formula is C20H15ClF2N6O2. The predicted molar refractivity (Wildman–Crippen MR) is 108 cm³/mol. The minimum absolute atomic E-state index is 0.0366. The van der Waals surface area contributed by atoms with Crippen molar-refractivity contribution in [3.63, 3.8) is 0 Å². The van der Waals surface area contributed by atoms with Gasteiger partial charge in [0.2, 0.25) is 5.95 Å². The Morgan fingerprint density at radius 3 is 2.65 bits per heavy atom. The number of ether oxygens (including phenoxy) is 1. The van der Waals surface area contributed by atoms with Crippen LogP contribution in [0.25, 0.3) is 0 Å². The first-order chi connectivity index (χ1) is 15.0. The van der Waals surface area contributed by atoms with Crippen LogP contribution in [0, 0.1) is 11.6 Å². The minimum Gasteiger partial charge on any atom is -0.471 e. The van der Waals surface area contributed by atoms with Gasteiger partial charge in [-0.15, -0.1) is 5.10 Å². The first-order valence-electron chi connectivity index (χ1n) is 9.03. The van der Waals surface area contributed by atoms with Crippen LogP contribution in [0.15, 0.2) is 61.1 Å². The first kappa shape index (κ1) is 20.5. The average molecular weight is 445 g/mol. The van der Waals surface area contributed by atoms with Crippen LogP contribution in [0.5, 0.6) is 5.75 Å². The molecule has 1 amide bonds. The number of amides is 1. The number of halogens is 3. The topological polar surface area (TPSA) is 86.9 Å². The molecule has 0 aliphatic carbocycles. The van der Waals surface area contributed by atoms with Crippen molar-refractivity contribution in [2.75, 3.05) is 5.32 Å². The summed E-state index contributed by atoms with van der Waals surface area (Å²) in [6.45, 7) is 0.0961. The van der Waals surface area contributed by atoms with E-state index < -0.39 is 11.7 Å². The number of nitrogens with zero attached hydrogens (tertiary/aromatic N) is 5. The van der Waals surface area contributed by atoms with Gasteiger partial charge in [0.05, 0.1) is 6.54 Å². The van der Waals surface area contributed by atoms with Crippen molar-refractivity contribution < 1.29 is 18.3 Å². The number of anilines is 1. The Hall–Kier alpha value is -3.79. The third-order valence-electron chi connectivity index (χ3n) is 4.19. The maximum absolute atomic E-state index is 13.9. The van der Waals surface area contributed by atoms with Crippen LogP contribution in [0.1, 0.15) is 16.1 Å². The lowest BCUT2D eigenvalue weighted by molar-refractivity contribution is 0.101. The zero-order chi connectivity index (χ0) is 21.8. The van der Waals surface area contributed by atoms with E-state index in [1.54, 1.807) is 12.3 Å². The third kappa shape index (κ3) is 5.04. The van der Waals surface area contributed by atoms with E-state index in [4.69, 9.17) is 16.3 Å². The van der Waals surface area contributed by atoms with Gasteiger partial charge in [-0.25, -0.2) is 23.1 Å². The van der Waals surface area contributed by atoms with Gasteiger partial charge in [0, 0.05) is 16.8 Å². The Morgan fingerprint density at radius 2 is 1.87 bits per heavy atom. The molecule has 2 heterocycles. The van der Waals surface area contributed by atoms with Gasteiger partial charge in [0.1, 0.15) is 23.7 Å². The van der Waals surface area contributed by atoms with Crippen molar-refractivity contribution in [1.29, 1.82) is 0 Å². The molecule has 0 radical (unpaired) electrons. The smallest absolute Gasteiger partial charge is 0.278 e. The molecule has 0 bridgehead atoms. The lowest BCUT2D eigenvalue weighted by atomic mass is 10.2. The number of nitrogens with one attached hydrogen (secondary N) is 1. The highest BCUT2D eigenvalue weighted by molar-refractivity contribution is 6.31. The zero-order valence-electron chi connectivity index (χ0n) is 15.9. The molecule has 2 aromatic heterocycles. The highest BCUT2D eigenvalue weighted by atomic mass is 35.5. The molecule has 0 spiro atoms. The lowest BCUT2D eigenvalue weighted by Crippen LogP contribution is -2.15. The number of carbonyl (C=O) groups is 1. The number of benzene rings is 2. The van der Waals surface area contributed by atoms with Crippen molar-refractivity contribution in [2.45, 2.75) is 13.3 Å². The number of rotatable bonds is 7. The molecule has 0 aliphatic heterocycles. The summed E-state index contributed by atoms with van der Waals surface area (Å²) in [6, 6.07) is 11.4. The Bertz CT molecular complexity index is 1190. The van der Waals surface area contributed by atoms with Gasteiger partial charge < -0.3 is 4.74 Å². The zero-order valence-corrected chi connectivity index (χ0v) is 16.6. The summed E-state index contributed by atoms with van der Waals surface area (Å²) >= 11 is 6.02. The second kappa shape index (κ2) is 8.92. The Kier molecular flexibility index (Phi) is 5.89. The van der Waals surface area contributed by atoms with Gasteiger partial charge >= 0.3 is 0 Å². The molecule has 31 heavy (non-hydrogen) atoms. The molecule has 4 rings (SSSR count). The highest BCUT2D eigenvalue weighted by Crippen LogP contribution is 2.20. The van der Waals surface area contributed by atoms with Gasteiger partial charge in [-0.05, 0) is 42.5 Å². The van der Waals surface area contributed by atoms with Crippen LogP contribution in [0.2, 0.25) is 5.02 Å². The maximum atomic E-state index is 13.9. The number of hydrogen-bond acceptors (Lipinski definition) is 5. The number of aromatic nitrogens is 5. The molecule has 4 aromatic rings. The Labute approximate surface area is 180 Å². The van der Waals surface area contributed by atoms with Gasteiger partial charge in [-0.2, -0.15) is 5.10 Å². The standard InChI is InChI=1S/C20H15ClF2N6O2/c21-16-2-1-3-17(23)15(16)10-29-11-24-20(27-29)25-19(30)18-8-9-28(26-18)12-31-14-6-4-13(22)5-7-14/h1-9,11H,10,12H2,(H,25,27,30). The second-order valence-corrected chi connectivity index (χ2v) is 6.80. The maximum Gasteiger partial charge on any atom is 0.278 e. The molecule has 8 nitrogen and oxygen atoms in total. The van der Waals surface area contributed by atoms with E-state index >= 15 is 0 Å².